The fourth-order valence-electron chi connectivity index (χ4n) is 2.89. The number of aryl methyl sites for hydroxylation is 4. The number of fused-ring (bicyclic) bond motifs is 2. The second-order valence-corrected chi connectivity index (χ2v) is 6.38. The number of pyridine rings is 4. The molecule has 9 heteroatoms. The van der Waals surface area contributed by atoms with Gasteiger partial charge in [0.1, 0.15) is 11.6 Å². The van der Waals surface area contributed by atoms with Gasteiger partial charge in [-0.1, -0.05) is 0 Å². The maximum Gasteiger partial charge on any atom is 2.00 e. The first-order chi connectivity index (χ1) is 12.3. The van der Waals surface area contributed by atoms with Crippen LogP contribution >= 0.6 is 0 Å². The van der Waals surface area contributed by atoms with Crippen molar-refractivity contribution in [2.45, 2.75) is 27.7 Å². The van der Waals surface area contributed by atoms with Gasteiger partial charge in [-0.2, -0.15) is 0 Å². The number of nitrogen functional groups attached to an aromatic ring is 2. The number of rotatable bonds is 0. The summed E-state index contributed by atoms with van der Waals surface area (Å²) in [7, 11) is 0. The molecule has 4 aromatic heterocycles. The first kappa shape index (κ1) is 27.2. The van der Waals surface area contributed by atoms with E-state index < -0.39 is 0 Å². The van der Waals surface area contributed by atoms with Crippen LogP contribution in [0.25, 0.3) is 22.1 Å². The molecule has 0 bridgehead atoms. The largest absolute Gasteiger partial charge is 2.00 e. The van der Waals surface area contributed by atoms with Crippen molar-refractivity contribution in [1.29, 1.82) is 0 Å². The van der Waals surface area contributed by atoms with E-state index in [9.17, 15) is 0 Å². The number of hydrogen-bond acceptors (Lipinski definition) is 6. The monoisotopic (exact) mass is 563 g/mol. The maximum absolute atomic E-state index is 5.57. The van der Waals surface area contributed by atoms with Crippen molar-refractivity contribution >= 4 is 33.7 Å². The Hall–Kier alpha value is -1.81. The molecule has 155 valence electrons. The van der Waals surface area contributed by atoms with Crippen molar-refractivity contribution in [3.63, 3.8) is 0 Å². The predicted molar refractivity (Wildman–Crippen MR) is 107 cm³/mol. The number of nitrogens with two attached hydrogens (primary N) is 2. The van der Waals surface area contributed by atoms with E-state index in [1.54, 1.807) is 12.1 Å². The van der Waals surface area contributed by atoms with Crippen LogP contribution in [0.4, 0.5) is 11.6 Å². The summed E-state index contributed by atoms with van der Waals surface area (Å²) in [5.74, 6) is 1.04. The van der Waals surface area contributed by atoms with Crippen molar-refractivity contribution in [1.82, 2.24) is 19.9 Å². The van der Waals surface area contributed by atoms with Gasteiger partial charge in [0.05, 0.1) is 0 Å². The average Bonchev–Trinajstić information content (AvgIpc) is 2.54. The van der Waals surface area contributed by atoms with Crippen LogP contribution in [0.2, 0.25) is 0 Å². The average molecular weight is 565 g/mol. The van der Waals surface area contributed by atoms with Gasteiger partial charge in [-0.15, -0.1) is 0 Å². The molecule has 4 aromatic rings. The number of aromatic nitrogens is 4. The number of anilines is 2. The third-order valence-corrected chi connectivity index (χ3v) is 4.06. The smallest absolute Gasteiger partial charge is 1.00 e. The Morgan fingerprint density at radius 2 is 0.931 bits per heavy atom. The molecule has 4 rings (SSSR count). The molecule has 0 amide bonds. The summed E-state index contributed by atoms with van der Waals surface area (Å²) in [6.45, 7) is 8.01. The minimum absolute atomic E-state index is 0. The molecule has 0 unspecified atom stereocenters. The zero-order valence-electron chi connectivity index (χ0n) is 16.5. The van der Waals surface area contributed by atoms with Crippen molar-refractivity contribution in [2.75, 3.05) is 11.5 Å². The van der Waals surface area contributed by atoms with Crippen LogP contribution in [0.5, 0.6) is 0 Å². The van der Waals surface area contributed by atoms with E-state index >= 15 is 0 Å². The Bertz CT molecular complexity index is 1020. The van der Waals surface area contributed by atoms with Crippen molar-refractivity contribution in [2.24, 2.45) is 0 Å². The van der Waals surface area contributed by atoms with E-state index in [0.29, 0.717) is 11.6 Å². The number of halogens is 2. The molecule has 4 N–H and O–H groups in total. The minimum Gasteiger partial charge on any atom is -1.00 e. The Morgan fingerprint density at radius 3 is 1.28 bits per heavy atom. The normalized spacial score (nSPS) is 9.52. The van der Waals surface area contributed by atoms with Crippen LogP contribution in [0.15, 0.2) is 36.4 Å². The maximum atomic E-state index is 5.57. The first-order valence-corrected chi connectivity index (χ1v) is 8.34. The van der Waals surface area contributed by atoms with Gasteiger partial charge >= 0.3 is 16.8 Å². The van der Waals surface area contributed by atoms with Gasteiger partial charge in [0.15, 0.2) is 11.3 Å². The van der Waals surface area contributed by atoms with Crippen LogP contribution in [-0.2, 0) is 16.8 Å². The van der Waals surface area contributed by atoms with Crippen LogP contribution in [0.3, 0.4) is 0 Å². The van der Waals surface area contributed by atoms with Crippen molar-refractivity contribution in [3.8, 4) is 0 Å². The fourth-order valence-corrected chi connectivity index (χ4v) is 2.89. The molecule has 29 heavy (non-hydrogen) atoms. The predicted octanol–water partition coefficient (Wildman–Crippen LogP) is -2.34. The van der Waals surface area contributed by atoms with E-state index in [4.69, 9.17) is 11.5 Å². The Kier molecular flexibility index (Phi) is 10.7. The standard InChI is InChI=1S/2C10H11N3.2BrH.Co/c2*1-6-5-7(2)12-10-8(6)3-4-9(11)13-10;;;/h2*3-5H,1-2H3,(H2,11,12,13);2*1H;/q;;;;+2/p-2. The Labute approximate surface area is 201 Å². The summed E-state index contributed by atoms with van der Waals surface area (Å²) in [6.07, 6.45) is 0. The quantitative estimate of drug-likeness (QED) is 0.248. The Balaban J connectivity index is 0.000000490. The molecule has 6 nitrogen and oxygen atoms in total. The van der Waals surface area contributed by atoms with Crippen LogP contribution in [-0.4, -0.2) is 19.9 Å². The molecule has 0 saturated carbocycles. The molecule has 0 saturated heterocycles. The van der Waals surface area contributed by atoms with Crippen LogP contribution < -0.4 is 45.4 Å². The zero-order chi connectivity index (χ0) is 18.8. The zero-order valence-corrected chi connectivity index (χ0v) is 20.7. The molecule has 0 fully saturated rings. The molecule has 0 atom stereocenters. The van der Waals surface area contributed by atoms with Gasteiger partial charge in [-0.25, -0.2) is 19.9 Å². The molecule has 0 aliphatic carbocycles. The summed E-state index contributed by atoms with van der Waals surface area (Å²) in [6, 6.07) is 11.6. The summed E-state index contributed by atoms with van der Waals surface area (Å²) in [5, 5.41) is 2.14. The van der Waals surface area contributed by atoms with Gasteiger partial charge < -0.3 is 45.4 Å². The number of hydrogen-bond donors (Lipinski definition) is 2. The van der Waals surface area contributed by atoms with Gasteiger partial charge in [0.25, 0.3) is 0 Å². The summed E-state index contributed by atoms with van der Waals surface area (Å²) in [4.78, 5) is 16.9. The second kappa shape index (κ2) is 11.4. The van der Waals surface area contributed by atoms with Gasteiger partial charge in [-0.05, 0) is 75.2 Å². The number of nitrogens with zero attached hydrogens (tertiary/aromatic N) is 4. The summed E-state index contributed by atoms with van der Waals surface area (Å²) < 4.78 is 0. The fraction of sp³-hybridized carbons (Fsp3) is 0.200. The molecule has 0 aliphatic rings. The minimum atomic E-state index is 0. The molecular weight excluding hydrogens is 543 g/mol. The third-order valence-electron chi connectivity index (χ3n) is 4.06. The van der Waals surface area contributed by atoms with E-state index in [1.165, 1.54) is 11.1 Å². The van der Waals surface area contributed by atoms with Crippen LogP contribution in [0, 0.1) is 27.7 Å². The second-order valence-electron chi connectivity index (χ2n) is 6.38. The topological polar surface area (TPSA) is 104 Å². The molecule has 0 aliphatic heterocycles. The molecular formula is C20H22Br2CoN6. The first-order valence-electron chi connectivity index (χ1n) is 8.34. The summed E-state index contributed by atoms with van der Waals surface area (Å²) >= 11 is 0. The Morgan fingerprint density at radius 1 is 0.586 bits per heavy atom. The molecule has 0 spiro atoms. The van der Waals surface area contributed by atoms with Crippen molar-refractivity contribution < 1.29 is 50.7 Å². The van der Waals surface area contributed by atoms with E-state index in [1.807, 2.05) is 38.1 Å². The summed E-state index contributed by atoms with van der Waals surface area (Å²) in [5.41, 5.74) is 16.9. The third kappa shape index (κ3) is 6.60. The molecule has 0 aromatic carbocycles. The van der Waals surface area contributed by atoms with Crippen LogP contribution in [0.1, 0.15) is 22.5 Å². The van der Waals surface area contributed by atoms with Crippen molar-refractivity contribution in [3.05, 3.63) is 58.9 Å². The van der Waals surface area contributed by atoms with Gasteiger partial charge in [-0.3, -0.25) is 0 Å². The van der Waals surface area contributed by atoms with E-state index in [0.717, 1.165) is 33.5 Å². The molecule has 1 radical (unpaired) electrons. The van der Waals surface area contributed by atoms with Gasteiger partial charge in [0, 0.05) is 22.2 Å². The van der Waals surface area contributed by atoms with E-state index in [2.05, 4.69) is 33.8 Å². The van der Waals surface area contributed by atoms with Gasteiger partial charge in [0.2, 0.25) is 0 Å². The SMILES string of the molecule is Cc1cc(C)c2ccc(N)nc2n1.Cc1cc(C)c2ccc(N)nc2n1.[Br-].[Br-].[Co+2]. The van der Waals surface area contributed by atoms with E-state index in [-0.39, 0.29) is 50.7 Å². The molecule has 4 heterocycles.